The molecule has 1 aromatic carbocycles. The third-order valence-corrected chi connectivity index (χ3v) is 1.58. The van der Waals surface area contributed by atoms with Crippen molar-refractivity contribution in [2.24, 2.45) is 0 Å². The molecule has 1 heteroatoms. The summed E-state index contributed by atoms with van der Waals surface area (Å²) < 4.78 is 0. The molecule has 0 saturated carbocycles. The predicted octanol–water partition coefficient (Wildman–Crippen LogP) is 3.06. The number of hydrogen-bond donors (Lipinski definition) is 0. The molecule has 0 heterocycles. The van der Waals surface area contributed by atoms with Gasteiger partial charge in [0.1, 0.15) is 0 Å². The Bertz CT molecular complexity index is 198. The molecule has 0 unspecified atom stereocenters. The third kappa shape index (κ3) is 1.65. The molecule has 0 N–H and O–H groups in total. The summed E-state index contributed by atoms with van der Waals surface area (Å²) in [6.07, 6.45) is 0. The van der Waals surface area contributed by atoms with E-state index >= 15 is 0 Å². The van der Waals surface area contributed by atoms with E-state index in [0.717, 1.165) is 5.56 Å². The van der Waals surface area contributed by atoms with Crippen LogP contribution in [0.3, 0.4) is 0 Å². The summed E-state index contributed by atoms with van der Waals surface area (Å²) in [6, 6.07) is 9.62. The first-order valence-electron chi connectivity index (χ1n) is 3.29. The van der Waals surface area contributed by atoms with Crippen LogP contribution in [0.15, 0.2) is 12.1 Å². The van der Waals surface area contributed by atoms with Crippen molar-refractivity contribution in [3.63, 3.8) is 0 Å². The molecule has 0 amide bonds. The first kappa shape index (κ1) is 7.44. The second kappa shape index (κ2) is 2.94. The summed E-state index contributed by atoms with van der Waals surface area (Å²) in [6.45, 7) is 4.24. The Labute approximate surface area is 66.8 Å². The summed E-state index contributed by atoms with van der Waals surface area (Å²) in [5, 5.41) is 0.629. The Morgan fingerprint density at radius 1 is 1.30 bits per heavy atom. The van der Waals surface area contributed by atoms with E-state index in [1.165, 1.54) is 0 Å². The Kier molecular flexibility index (Phi) is 2.19. The van der Waals surface area contributed by atoms with E-state index in [1.807, 2.05) is 12.1 Å². The standard InChI is InChI=1S/C9H9Cl/c1-7(2)8-3-5-9(10)6-4-8/h3,5,7H,1-2H3. The number of halogens is 1. The van der Waals surface area contributed by atoms with Crippen molar-refractivity contribution >= 4 is 11.6 Å². The summed E-state index contributed by atoms with van der Waals surface area (Å²) >= 11 is 5.63. The normalized spacial score (nSPS) is 9.60. The highest BCUT2D eigenvalue weighted by atomic mass is 35.5. The van der Waals surface area contributed by atoms with E-state index in [2.05, 4.69) is 26.0 Å². The van der Waals surface area contributed by atoms with Gasteiger partial charge in [-0.15, -0.1) is 0 Å². The van der Waals surface area contributed by atoms with Gasteiger partial charge in [0.2, 0.25) is 0 Å². The quantitative estimate of drug-likeness (QED) is 0.580. The van der Waals surface area contributed by atoms with Crippen molar-refractivity contribution in [1.29, 1.82) is 0 Å². The van der Waals surface area contributed by atoms with Crippen molar-refractivity contribution in [3.05, 3.63) is 34.9 Å². The van der Waals surface area contributed by atoms with Crippen LogP contribution in [0.1, 0.15) is 25.3 Å². The van der Waals surface area contributed by atoms with Gasteiger partial charge in [0.05, 0.1) is 5.02 Å². The topological polar surface area (TPSA) is 0 Å². The Hall–Kier alpha value is -0.670. The van der Waals surface area contributed by atoms with Crippen LogP contribution >= 0.6 is 11.6 Å². The molecule has 1 rings (SSSR count). The fourth-order valence-electron chi connectivity index (χ4n) is 0.715. The van der Waals surface area contributed by atoms with Gasteiger partial charge in [0, 0.05) is 5.56 Å². The maximum Gasteiger partial charge on any atom is 0.0908 e. The largest absolute Gasteiger partial charge is 0.0908 e. The van der Waals surface area contributed by atoms with Crippen molar-refractivity contribution < 1.29 is 0 Å². The monoisotopic (exact) mass is 152 g/mol. The molecule has 0 aliphatic rings. The van der Waals surface area contributed by atoms with Crippen LogP contribution in [0.4, 0.5) is 0 Å². The maximum atomic E-state index is 5.63. The minimum Gasteiger partial charge on any atom is -0.0744 e. The van der Waals surface area contributed by atoms with Crippen LogP contribution < -0.4 is 0 Å². The molecule has 52 valence electrons. The average Bonchev–Trinajstić information content (AvgIpc) is 1.88. The van der Waals surface area contributed by atoms with Crippen molar-refractivity contribution in [2.75, 3.05) is 0 Å². The van der Waals surface area contributed by atoms with E-state index in [0.29, 0.717) is 10.9 Å². The SMILES string of the molecule is CC(C)c1c#cc(Cl)cc1. The number of rotatable bonds is 1. The van der Waals surface area contributed by atoms with Gasteiger partial charge in [-0.05, 0) is 24.1 Å². The summed E-state index contributed by atoms with van der Waals surface area (Å²) in [4.78, 5) is 0. The first-order valence-corrected chi connectivity index (χ1v) is 3.67. The Morgan fingerprint density at radius 3 is 2.40 bits per heavy atom. The molecule has 10 heavy (non-hydrogen) atoms. The molecule has 0 fully saturated rings. The zero-order valence-corrected chi connectivity index (χ0v) is 6.87. The molecule has 0 aliphatic carbocycles. The maximum absolute atomic E-state index is 5.63. The lowest BCUT2D eigenvalue weighted by Crippen LogP contribution is -1.82. The molecule has 0 atom stereocenters. The van der Waals surface area contributed by atoms with Gasteiger partial charge in [-0.2, -0.15) is 0 Å². The molecule has 0 bridgehead atoms. The molecule has 0 nitrogen and oxygen atoms in total. The summed E-state index contributed by atoms with van der Waals surface area (Å²) in [5.74, 6) is 0.508. The van der Waals surface area contributed by atoms with E-state index in [-0.39, 0.29) is 0 Å². The molecular formula is C9H9Cl. The van der Waals surface area contributed by atoms with E-state index in [9.17, 15) is 0 Å². The van der Waals surface area contributed by atoms with Gasteiger partial charge in [-0.25, -0.2) is 0 Å². The van der Waals surface area contributed by atoms with Gasteiger partial charge in [-0.1, -0.05) is 31.5 Å². The van der Waals surface area contributed by atoms with Crippen LogP contribution in [0.5, 0.6) is 0 Å². The lowest BCUT2D eigenvalue weighted by molar-refractivity contribution is 0.868. The second-order valence-electron chi connectivity index (χ2n) is 2.54. The summed E-state index contributed by atoms with van der Waals surface area (Å²) in [5.41, 5.74) is 1.16. The fraction of sp³-hybridized carbons (Fsp3) is 0.333. The highest BCUT2D eigenvalue weighted by Crippen LogP contribution is 2.12. The van der Waals surface area contributed by atoms with Crippen molar-refractivity contribution in [2.45, 2.75) is 19.8 Å². The van der Waals surface area contributed by atoms with Crippen LogP contribution in [-0.2, 0) is 0 Å². The molecule has 0 radical (unpaired) electrons. The third-order valence-electron chi connectivity index (χ3n) is 1.36. The van der Waals surface area contributed by atoms with Gasteiger partial charge in [0.25, 0.3) is 0 Å². The Balaban J connectivity index is 2.89. The molecule has 0 aromatic heterocycles. The van der Waals surface area contributed by atoms with E-state index in [4.69, 9.17) is 11.6 Å². The van der Waals surface area contributed by atoms with Gasteiger partial charge < -0.3 is 0 Å². The van der Waals surface area contributed by atoms with Crippen molar-refractivity contribution in [1.82, 2.24) is 0 Å². The molecule has 0 saturated heterocycles. The zero-order valence-electron chi connectivity index (χ0n) is 6.11. The Morgan fingerprint density at radius 2 is 2.00 bits per heavy atom. The van der Waals surface area contributed by atoms with Crippen LogP contribution in [0.2, 0.25) is 5.02 Å². The lowest BCUT2D eigenvalue weighted by Gasteiger charge is -1.98. The first-order chi connectivity index (χ1) is 4.70. The van der Waals surface area contributed by atoms with Gasteiger partial charge >= 0.3 is 0 Å². The molecule has 0 aliphatic heterocycles. The van der Waals surface area contributed by atoms with E-state index in [1.54, 1.807) is 0 Å². The summed E-state index contributed by atoms with van der Waals surface area (Å²) in [7, 11) is 0. The van der Waals surface area contributed by atoms with Crippen LogP contribution in [-0.4, -0.2) is 0 Å². The van der Waals surface area contributed by atoms with Crippen LogP contribution in [0, 0.1) is 12.1 Å². The minimum atomic E-state index is 0.508. The minimum absolute atomic E-state index is 0.508. The lowest BCUT2D eigenvalue weighted by atomic mass is 10.1. The van der Waals surface area contributed by atoms with E-state index < -0.39 is 0 Å². The zero-order chi connectivity index (χ0) is 7.56. The fourth-order valence-corrected chi connectivity index (χ4v) is 0.825. The molecule has 1 aromatic rings. The van der Waals surface area contributed by atoms with Crippen LogP contribution in [0.25, 0.3) is 0 Å². The highest BCUT2D eigenvalue weighted by Gasteiger charge is 1.95. The average molecular weight is 153 g/mol. The molecular weight excluding hydrogens is 144 g/mol. The highest BCUT2D eigenvalue weighted by molar-refractivity contribution is 6.30. The predicted molar refractivity (Wildman–Crippen MR) is 43.2 cm³/mol. The molecule has 0 spiro atoms. The number of hydrogen-bond acceptors (Lipinski definition) is 0. The smallest absolute Gasteiger partial charge is 0.0744 e. The van der Waals surface area contributed by atoms with Crippen molar-refractivity contribution in [3.8, 4) is 0 Å². The second-order valence-corrected chi connectivity index (χ2v) is 2.95. The van der Waals surface area contributed by atoms with Gasteiger partial charge in [-0.3, -0.25) is 0 Å². The van der Waals surface area contributed by atoms with Gasteiger partial charge in [0.15, 0.2) is 0 Å².